The Morgan fingerprint density at radius 1 is 1.27 bits per heavy atom. The van der Waals surface area contributed by atoms with Crippen molar-refractivity contribution in [1.29, 1.82) is 0 Å². The van der Waals surface area contributed by atoms with Crippen LogP contribution in [0.1, 0.15) is 0 Å². The molecule has 0 aliphatic heterocycles. The lowest BCUT2D eigenvalue weighted by molar-refractivity contribution is 0.210. The molecule has 0 atom stereocenters. The summed E-state index contributed by atoms with van der Waals surface area (Å²) in [7, 11) is 0. The molecule has 2 N–H and O–H groups in total. The van der Waals surface area contributed by atoms with E-state index in [-0.39, 0.29) is 0 Å². The van der Waals surface area contributed by atoms with Crippen LogP contribution in [0.25, 0.3) is 0 Å². The van der Waals surface area contributed by atoms with E-state index in [9.17, 15) is 4.79 Å². The summed E-state index contributed by atoms with van der Waals surface area (Å²) in [5.74, 6) is 0. The van der Waals surface area contributed by atoms with Crippen molar-refractivity contribution in [2.75, 3.05) is 5.32 Å². The van der Waals surface area contributed by atoms with Crippen LogP contribution in [0.2, 0.25) is 0 Å². The molecule has 0 aliphatic carbocycles. The Bertz CT molecular complexity index is 303. The largest absolute Gasteiger partial charge is 0.474 e. The molecule has 15 heavy (non-hydrogen) atoms. The van der Waals surface area contributed by atoms with Gasteiger partial charge in [0.1, 0.15) is 0 Å². The van der Waals surface area contributed by atoms with E-state index in [0.29, 0.717) is 5.69 Å². The molecule has 0 aliphatic rings. The maximum atomic E-state index is 10.1. The Hall–Kier alpha value is -2.23. The van der Waals surface area contributed by atoms with Crippen molar-refractivity contribution in [3.05, 3.63) is 56.0 Å². The second kappa shape index (κ2) is 8.37. The monoisotopic (exact) mass is 207 g/mol. The molecule has 0 spiro atoms. The Labute approximate surface area is 88.5 Å². The first kappa shape index (κ1) is 12.8. The van der Waals surface area contributed by atoms with E-state index in [1.807, 2.05) is 6.07 Å². The first-order valence-corrected chi connectivity index (χ1v) is 4.13. The number of amides is 1. The van der Waals surface area contributed by atoms with Crippen LogP contribution in [0.5, 0.6) is 0 Å². The molecule has 1 aromatic carbocycles. The zero-order chi connectivity index (χ0) is 11.5. The van der Waals surface area contributed by atoms with Crippen LogP contribution in [0.4, 0.5) is 10.5 Å². The fraction of sp³-hybridized carbons (Fsp3) is 0. The van der Waals surface area contributed by atoms with E-state index in [1.54, 1.807) is 24.3 Å². The van der Waals surface area contributed by atoms with Gasteiger partial charge in [0.05, 0.1) is 12.5 Å². The van der Waals surface area contributed by atoms with Crippen molar-refractivity contribution in [3.8, 4) is 0 Å². The molecule has 0 fully saturated rings. The minimum Gasteiger partial charge on any atom is -0.474 e. The Balaban J connectivity index is 0.000000336. The first-order valence-electron chi connectivity index (χ1n) is 4.13. The quantitative estimate of drug-likeness (QED) is 0.749. The third-order valence-electron chi connectivity index (χ3n) is 1.22. The van der Waals surface area contributed by atoms with E-state index in [2.05, 4.69) is 23.2 Å². The molecular weight excluding hydrogens is 194 g/mol. The lowest BCUT2D eigenvalue weighted by Gasteiger charge is -1.96. The van der Waals surface area contributed by atoms with Crippen LogP contribution in [-0.2, 0) is 4.74 Å². The van der Waals surface area contributed by atoms with Gasteiger partial charge in [-0.25, -0.2) is 4.79 Å². The Morgan fingerprint density at radius 2 is 1.80 bits per heavy atom. The average molecular weight is 207 g/mol. The van der Waals surface area contributed by atoms with Gasteiger partial charge < -0.3 is 9.84 Å². The van der Waals surface area contributed by atoms with E-state index >= 15 is 0 Å². The molecule has 0 heterocycles. The molecule has 0 radical (unpaired) electrons. The smallest absolute Gasteiger partial charge is 0.409 e. The van der Waals surface area contributed by atoms with Gasteiger partial charge in [-0.05, 0) is 12.1 Å². The maximum absolute atomic E-state index is 10.1. The van der Waals surface area contributed by atoms with Crippen LogP contribution in [0.3, 0.4) is 0 Å². The fourth-order valence-electron chi connectivity index (χ4n) is 0.713. The average Bonchev–Trinajstić information content (AvgIpc) is 2.20. The van der Waals surface area contributed by atoms with Crippen LogP contribution in [0, 0.1) is 0 Å². The summed E-state index contributed by atoms with van der Waals surface area (Å²) < 4.78 is 4.36. The highest BCUT2D eigenvalue weighted by Gasteiger charge is 1.92. The van der Waals surface area contributed by atoms with E-state index < -0.39 is 6.09 Å². The van der Waals surface area contributed by atoms with Gasteiger partial charge in [-0.2, -0.15) is 0 Å². The second-order valence-electron chi connectivity index (χ2n) is 2.27. The number of hydrogen-bond donors (Lipinski definition) is 2. The molecule has 0 unspecified atom stereocenters. The minimum absolute atomic E-state index is 0.593. The summed E-state index contributed by atoms with van der Waals surface area (Å²) in [4.78, 5) is 10.1. The minimum atomic E-state index is -1.04. The highest BCUT2D eigenvalue weighted by atomic mass is 16.5. The van der Waals surface area contributed by atoms with Crippen molar-refractivity contribution in [1.82, 2.24) is 0 Å². The number of para-hydroxylation sites is 1. The van der Waals surface area contributed by atoms with Crippen molar-refractivity contribution in [3.63, 3.8) is 0 Å². The molecular formula is C11H13NO3. The van der Waals surface area contributed by atoms with Crippen molar-refractivity contribution in [2.24, 2.45) is 0 Å². The topological polar surface area (TPSA) is 58.6 Å². The highest BCUT2D eigenvalue weighted by Crippen LogP contribution is 2.03. The van der Waals surface area contributed by atoms with Gasteiger partial charge in [-0.15, -0.1) is 0 Å². The number of ether oxygens (including phenoxy) is 1. The van der Waals surface area contributed by atoms with Crippen LogP contribution >= 0.6 is 0 Å². The van der Waals surface area contributed by atoms with E-state index in [4.69, 9.17) is 5.11 Å². The molecule has 4 nitrogen and oxygen atoms in total. The zero-order valence-electron chi connectivity index (χ0n) is 8.22. The van der Waals surface area contributed by atoms with Gasteiger partial charge in [0, 0.05) is 5.69 Å². The van der Waals surface area contributed by atoms with Gasteiger partial charge in [0.25, 0.3) is 0 Å². The third-order valence-corrected chi connectivity index (χ3v) is 1.22. The van der Waals surface area contributed by atoms with Crippen molar-refractivity contribution < 1.29 is 14.6 Å². The predicted octanol–water partition coefficient (Wildman–Crippen LogP) is 3.07. The summed E-state index contributed by atoms with van der Waals surface area (Å²) in [5, 5.41) is 10.5. The second-order valence-corrected chi connectivity index (χ2v) is 2.27. The molecule has 80 valence electrons. The third kappa shape index (κ3) is 8.11. The van der Waals surface area contributed by atoms with E-state index in [0.717, 1.165) is 0 Å². The standard InChI is InChI=1S/C7H7NO2.C4H6O/c9-7(10)8-6-4-2-1-3-5-6;1-3-5-4-2/h1-5,8H,(H,9,10);3-4H,1-2H2. The van der Waals surface area contributed by atoms with Gasteiger partial charge in [-0.1, -0.05) is 31.4 Å². The van der Waals surface area contributed by atoms with Crippen molar-refractivity contribution >= 4 is 11.8 Å². The summed E-state index contributed by atoms with van der Waals surface area (Å²) >= 11 is 0. The lowest BCUT2D eigenvalue weighted by atomic mass is 10.3. The van der Waals surface area contributed by atoms with Gasteiger partial charge in [0.15, 0.2) is 0 Å². The van der Waals surface area contributed by atoms with Crippen molar-refractivity contribution in [2.45, 2.75) is 0 Å². The van der Waals surface area contributed by atoms with Gasteiger partial charge in [-0.3, -0.25) is 5.32 Å². The Morgan fingerprint density at radius 3 is 2.13 bits per heavy atom. The number of anilines is 1. The fourth-order valence-corrected chi connectivity index (χ4v) is 0.713. The first-order chi connectivity index (χ1) is 7.20. The van der Waals surface area contributed by atoms with Gasteiger partial charge in [0.2, 0.25) is 0 Å². The molecule has 1 aromatic rings. The number of carboxylic acid groups (broad SMARTS) is 1. The van der Waals surface area contributed by atoms with Gasteiger partial charge >= 0.3 is 6.09 Å². The molecule has 4 heteroatoms. The number of nitrogens with one attached hydrogen (secondary N) is 1. The Kier molecular flexibility index (Phi) is 7.13. The maximum Gasteiger partial charge on any atom is 0.409 e. The summed E-state index contributed by atoms with van der Waals surface area (Å²) in [6.07, 6.45) is 1.59. The summed E-state index contributed by atoms with van der Waals surface area (Å²) in [6.45, 7) is 6.51. The molecule has 0 aromatic heterocycles. The number of carbonyl (C=O) groups is 1. The predicted molar refractivity (Wildman–Crippen MR) is 59.6 cm³/mol. The van der Waals surface area contributed by atoms with Crippen LogP contribution < -0.4 is 5.32 Å². The molecule has 0 saturated carbocycles. The highest BCUT2D eigenvalue weighted by molar-refractivity contribution is 5.82. The van der Waals surface area contributed by atoms with Crippen LogP contribution in [0.15, 0.2) is 56.0 Å². The number of hydrogen-bond acceptors (Lipinski definition) is 2. The molecule has 1 rings (SSSR count). The van der Waals surface area contributed by atoms with E-state index in [1.165, 1.54) is 12.5 Å². The zero-order valence-corrected chi connectivity index (χ0v) is 8.22. The molecule has 0 saturated heterocycles. The number of benzene rings is 1. The lowest BCUT2D eigenvalue weighted by Crippen LogP contribution is -2.06. The SMILES string of the molecule is C=COC=C.O=C(O)Nc1ccccc1. The molecule has 1 amide bonds. The molecule has 0 bridgehead atoms. The normalized spacial score (nSPS) is 7.73. The summed E-state index contributed by atoms with van der Waals surface area (Å²) in [5.41, 5.74) is 0.593. The summed E-state index contributed by atoms with van der Waals surface area (Å²) in [6, 6.07) is 8.74. The van der Waals surface area contributed by atoms with Crippen LogP contribution in [-0.4, -0.2) is 11.2 Å². The number of rotatable bonds is 3.